The van der Waals surface area contributed by atoms with Crippen LogP contribution in [0.2, 0.25) is 0 Å². The maximum atomic E-state index is 3.61. The summed E-state index contributed by atoms with van der Waals surface area (Å²) in [5.74, 6) is 0.580. The molecule has 0 aromatic heterocycles. The van der Waals surface area contributed by atoms with E-state index in [1.165, 1.54) is 21.2 Å². The van der Waals surface area contributed by atoms with Crippen molar-refractivity contribution in [1.29, 1.82) is 0 Å². The minimum absolute atomic E-state index is 0.580. The predicted octanol–water partition coefficient (Wildman–Crippen LogP) is 3.89. The second kappa shape index (κ2) is 2.74. The molecule has 0 spiro atoms. The van der Waals surface area contributed by atoms with Gasteiger partial charge in [0.05, 0.1) is 0 Å². The minimum atomic E-state index is 0.580. The number of fused-ring (bicyclic) bond motifs is 1. The SMILES string of the molecule is Cc1ccc2c(c1Br)C=CC2C. The Hall–Kier alpha value is -0.560. The lowest BCUT2D eigenvalue weighted by Crippen LogP contribution is -1.89. The van der Waals surface area contributed by atoms with Crippen LogP contribution in [0.5, 0.6) is 0 Å². The average Bonchev–Trinajstić information content (AvgIpc) is 2.41. The first-order chi connectivity index (χ1) is 5.70. The molecule has 2 rings (SSSR count). The van der Waals surface area contributed by atoms with Crippen molar-refractivity contribution < 1.29 is 0 Å². The zero-order valence-corrected chi connectivity index (χ0v) is 8.85. The summed E-state index contributed by atoms with van der Waals surface area (Å²) in [7, 11) is 0. The van der Waals surface area contributed by atoms with Gasteiger partial charge in [-0.2, -0.15) is 0 Å². The van der Waals surface area contributed by atoms with Gasteiger partial charge in [0.25, 0.3) is 0 Å². The first-order valence-electron chi connectivity index (χ1n) is 4.17. The highest BCUT2D eigenvalue weighted by Gasteiger charge is 2.15. The molecule has 0 fully saturated rings. The van der Waals surface area contributed by atoms with E-state index in [2.05, 4.69) is 54.1 Å². The summed E-state index contributed by atoms with van der Waals surface area (Å²) in [5, 5.41) is 0. The number of aryl methyl sites for hydroxylation is 1. The summed E-state index contributed by atoms with van der Waals surface area (Å²) >= 11 is 3.61. The molecular formula is C11H11Br. The van der Waals surface area contributed by atoms with Crippen LogP contribution in [0, 0.1) is 6.92 Å². The second-order valence-corrected chi connectivity index (χ2v) is 4.14. The van der Waals surface area contributed by atoms with Crippen molar-refractivity contribution in [2.45, 2.75) is 19.8 Å². The van der Waals surface area contributed by atoms with Gasteiger partial charge in [0, 0.05) is 4.47 Å². The van der Waals surface area contributed by atoms with Crippen molar-refractivity contribution in [3.8, 4) is 0 Å². The Morgan fingerprint density at radius 2 is 2.08 bits per heavy atom. The summed E-state index contributed by atoms with van der Waals surface area (Å²) in [6, 6.07) is 4.40. The van der Waals surface area contributed by atoms with Gasteiger partial charge in [0.15, 0.2) is 0 Å². The summed E-state index contributed by atoms with van der Waals surface area (Å²) in [6.07, 6.45) is 4.45. The van der Waals surface area contributed by atoms with Crippen LogP contribution >= 0.6 is 15.9 Å². The standard InChI is InChI=1S/C11H11Br/c1-7-3-6-10-9(7)5-4-8(2)11(10)12/h3-7H,1-2H3. The highest BCUT2D eigenvalue weighted by molar-refractivity contribution is 9.10. The van der Waals surface area contributed by atoms with Crippen molar-refractivity contribution >= 4 is 22.0 Å². The Balaban J connectivity index is 2.67. The molecule has 1 aromatic rings. The molecule has 0 radical (unpaired) electrons. The zero-order chi connectivity index (χ0) is 8.72. The lowest BCUT2D eigenvalue weighted by Gasteiger charge is -2.07. The number of hydrogen-bond acceptors (Lipinski definition) is 0. The second-order valence-electron chi connectivity index (χ2n) is 3.35. The smallest absolute Gasteiger partial charge is 0.0279 e. The molecule has 1 aliphatic carbocycles. The van der Waals surface area contributed by atoms with Crippen molar-refractivity contribution in [3.05, 3.63) is 39.4 Å². The molecule has 0 saturated carbocycles. The quantitative estimate of drug-likeness (QED) is 0.625. The van der Waals surface area contributed by atoms with Gasteiger partial charge in [-0.15, -0.1) is 0 Å². The summed E-state index contributed by atoms with van der Waals surface area (Å²) < 4.78 is 1.25. The van der Waals surface area contributed by atoms with Gasteiger partial charge in [-0.05, 0) is 45.5 Å². The van der Waals surface area contributed by atoms with Crippen LogP contribution < -0.4 is 0 Å². The Morgan fingerprint density at radius 1 is 1.33 bits per heavy atom. The molecule has 0 saturated heterocycles. The maximum absolute atomic E-state index is 3.61. The number of allylic oxidation sites excluding steroid dienone is 1. The molecule has 1 atom stereocenters. The van der Waals surface area contributed by atoms with Crippen LogP contribution in [-0.2, 0) is 0 Å². The normalized spacial score (nSPS) is 19.8. The zero-order valence-electron chi connectivity index (χ0n) is 7.26. The molecule has 1 aromatic carbocycles. The van der Waals surface area contributed by atoms with E-state index in [9.17, 15) is 0 Å². The number of rotatable bonds is 0. The van der Waals surface area contributed by atoms with Gasteiger partial charge < -0.3 is 0 Å². The summed E-state index contributed by atoms with van der Waals surface area (Å²) in [6.45, 7) is 4.35. The molecule has 0 aliphatic heterocycles. The molecule has 62 valence electrons. The number of halogens is 1. The molecule has 0 bridgehead atoms. The van der Waals surface area contributed by atoms with E-state index < -0.39 is 0 Å². The molecule has 0 amide bonds. The van der Waals surface area contributed by atoms with E-state index >= 15 is 0 Å². The fourth-order valence-electron chi connectivity index (χ4n) is 1.63. The Kier molecular flexibility index (Phi) is 1.84. The Morgan fingerprint density at radius 3 is 2.83 bits per heavy atom. The highest BCUT2D eigenvalue weighted by Crippen LogP contribution is 2.35. The third kappa shape index (κ3) is 1.04. The van der Waals surface area contributed by atoms with Gasteiger partial charge in [0.2, 0.25) is 0 Å². The van der Waals surface area contributed by atoms with E-state index in [-0.39, 0.29) is 0 Å². The van der Waals surface area contributed by atoms with E-state index in [1.54, 1.807) is 0 Å². The van der Waals surface area contributed by atoms with E-state index in [1.807, 2.05) is 0 Å². The van der Waals surface area contributed by atoms with Crippen molar-refractivity contribution in [3.63, 3.8) is 0 Å². The van der Waals surface area contributed by atoms with Crippen molar-refractivity contribution in [1.82, 2.24) is 0 Å². The van der Waals surface area contributed by atoms with Gasteiger partial charge in [0.1, 0.15) is 0 Å². The van der Waals surface area contributed by atoms with E-state index in [0.29, 0.717) is 5.92 Å². The molecule has 1 aliphatic rings. The molecule has 1 unspecified atom stereocenters. The Bertz CT molecular complexity index is 350. The molecule has 0 nitrogen and oxygen atoms in total. The molecule has 0 heterocycles. The van der Waals surface area contributed by atoms with E-state index in [4.69, 9.17) is 0 Å². The van der Waals surface area contributed by atoms with Crippen LogP contribution in [0.15, 0.2) is 22.7 Å². The lowest BCUT2D eigenvalue weighted by atomic mass is 10.0. The average molecular weight is 223 g/mol. The van der Waals surface area contributed by atoms with Crippen LogP contribution in [0.4, 0.5) is 0 Å². The molecule has 1 heteroatoms. The van der Waals surface area contributed by atoms with Crippen molar-refractivity contribution in [2.75, 3.05) is 0 Å². The minimum Gasteiger partial charge on any atom is -0.0766 e. The highest BCUT2D eigenvalue weighted by atomic mass is 79.9. The summed E-state index contributed by atoms with van der Waals surface area (Å²) in [5.41, 5.74) is 4.11. The van der Waals surface area contributed by atoms with Crippen LogP contribution in [0.25, 0.3) is 6.08 Å². The van der Waals surface area contributed by atoms with Gasteiger partial charge in [-0.25, -0.2) is 0 Å². The van der Waals surface area contributed by atoms with Gasteiger partial charge >= 0.3 is 0 Å². The maximum Gasteiger partial charge on any atom is 0.0279 e. The fraction of sp³-hybridized carbons (Fsp3) is 0.273. The third-order valence-corrected chi connectivity index (χ3v) is 3.50. The lowest BCUT2D eigenvalue weighted by molar-refractivity contribution is 0.987. The van der Waals surface area contributed by atoms with E-state index in [0.717, 1.165) is 0 Å². The third-order valence-electron chi connectivity index (χ3n) is 2.45. The largest absolute Gasteiger partial charge is 0.0766 e. The first-order valence-corrected chi connectivity index (χ1v) is 4.96. The monoisotopic (exact) mass is 222 g/mol. The predicted molar refractivity (Wildman–Crippen MR) is 56.3 cm³/mol. The van der Waals surface area contributed by atoms with Crippen molar-refractivity contribution in [2.24, 2.45) is 0 Å². The topological polar surface area (TPSA) is 0 Å². The number of hydrogen-bond donors (Lipinski definition) is 0. The number of benzene rings is 1. The molecule has 12 heavy (non-hydrogen) atoms. The molecular weight excluding hydrogens is 212 g/mol. The van der Waals surface area contributed by atoms with Crippen LogP contribution in [0.1, 0.15) is 29.5 Å². The molecule has 0 N–H and O–H groups in total. The van der Waals surface area contributed by atoms with Crippen LogP contribution in [-0.4, -0.2) is 0 Å². The van der Waals surface area contributed by atoms with Crippen LogP contribution in [0.3, 0.4) is 0 Å². The fourth-order valence-corrected chi connectivity index (χ4v) is 2.12. The summed E-state index contributed by atoms with van der Waals surface area (Å²) in [4.78, 5) is 0. The Labute approximate surface area is 81.4 Å². The first kappa shape index (κ1) is 8.06. The van der Waals surface area contributed by atoms with Gasteiger partial charge in [-0.1, -0.05) is 31.2 Å². The van der Waals surface area contributed by atoms with Gasteiger partial charge in [-0.3, -0.25) is 0 Å².